The number of hydrogen-bond donors (Lipinski definition) is 1. The van der Waals surface area contributed by atoms with Gasteiger partial charge in [-0.25, -0.2) is 9.67 Å². The SMILES string of the molecule is CCOC(=O)Cc1csc(NC(=O)c2ccc(-n3nc(C)c(Br)c3C)cc2)n1. The lowest BCUT2D eigenvalue weighted by Gasteiger charge is -2.06. The highest BCUT2D eigenvalue weighted by Gasteiger charge is 2.13. The van der Waals surface area contributed by atoms with Crippen molar-refractivity contribution >= 4 is 44.3 Å². The van der Waals surface area contributed by atoms with Crippen molar-refractivity contribution in [3.05, 3.63) is 56.8 Å². The van der Waals surface area contributed by atoms with Crippen molar-refractivity contribution in [3.8, 4) is 5.69 Å². The minimum Gasteiger partial charge on any atom is -0.466 e. The third-order valence-corrected chi connectivity index (χ3v) is 5.93. The van der Waals surface area contributed by atoms with E-state index >= 15 is 0 Å². The quantitative estimate of drug-likeness (QED) is 0.558. The molecule has 0 spiro atoms. The molecule has 1 amide bonds. The van der Waals surface area contributed by atoms with Gasteiger partial charge >= 0.3 is 5.97 Å². The molecule has 1 N–H and O–H groups in total. The van der Waals surface area contributed by atoms with Gasteiger partial charge in [-0.3, -0.25) is 14.9 Å². The molecular formula is C19H19BrN4O3S. The van der Waals surface area contributed by atoms with E-state index in [1.54, 1.807) is 24.4 Å². The van der Waals surface area contributed by atoms with Crippen LogP contribution < -0.4 is 5.32 Å². The summed E-state index contributed by atoms with van der Waals surface area (Å²) < 4.78 is 7.69. The first-order valence-corrected chi connectivity index (χ1v) is 10.3. The number of aryl methyl sites for hydroxylation is 1. The lowest BCUT2D eigenvalue weighted by molar-refractivity contribution is -0.142. The van der Waals surface area contributed by atoms with E-state index in [1.807, 2.05) is 30.7 Å². The van der Waals surface area contributed by atoms with Gasteiger partial charge in [0.15, 0.2) is 5.13 Å². The number of carbonyl (C=O) groups is 2. The number of halogens is 1. The molecule has 28 heavy (non-hydrogen) atoms. The smallest absolute Gasteiger partial charge is 0.311 e. The molecule has 0 unspecified atom stereocenters. The Hall–Kier alpha value is -2.52. The number of benzene rings is 1. The van der Waals surface area contributed by atoms with Crippen LogP contribution in [0, 0.1) is 13.8 Å². The predicted molar refractivity (Wildman–Crippen MR) is 111 cm³/mol. The third kappa shape index (κ3) is 4.48. The first kappa shape index (κ1) is 20.2. The molecule has 0 fully saturated rings. The van der Waals surface area contributed by atoms with Gasteiger partial charge in [0.2, 0.25) is 0 Å². The second-order valence-electron chi connectivity index (χ2n) is 6.02. The number of rotatable bonds is 6. The van der Waals surface area contributed by atoms with E-state index in [1.165, 1.54) is 11.3 Å². The van der Waals surface area contributed by atoms with Crippen molar-refractivity contribution in [2.24, 2.45) is 0 Å². The maximum atomic E-state index is 12.5. The molecule has 0 aliphatic heterocycles. The van der Waals surface area contributed by atoms with Crippen LogP contribution in [0.5, 0.6) is 0 Å². The van der Waals surface area contributed by atoms with Gasteiger partial charge in [0.05, 0.1) is 40.3 Å². The molecule has 3 aromatic rings. The molecule has 0 radical (unpaired) electrons. The van der Waals surface area contributed by atoms with Crippen LogP contribution in [-0.2, 0) is 16.0 Å². The third-order valence-electron chi connectivity index (χ3n) is 3.98. The zero-order valence-corrected chi connectivity index (χ0v) is 18.1. The van der Waals surface area contributed by atoms with Crippen molar-refractivity contribution in [1.82, 2.24) is 14.8 Å². The molecule has 0 aliphatic carbocycles. The standard InChI is InChI=1S/C19H19BrN4O3S/c1-4-27-16(25)9-14-10-28-19(21-14)22-18(26)13-5-7-15(8-6-13)24-12(3)17(20)11(2)23-24/h5-8,10H,4,9H2,1-3H3,(H,21,22,26). The molecule has 0 saturated heterocycles. The molecule has 2 heterocycles. The van der Waals surface area contributed by atoms with Gasteiger partial charge in [0.1, 0.15) is 0 Å². The zero-order valence-electron chi connectivity index (χ0n) is 15.7. The van der Waals surface area contributed by atoms with E-state index < -0.39 is 0 Å². The Morgan fingerprint density at radius 1 is 1.25 bits per heavy atom. The summed E-state index contributed by atoms with van der Waals surface area (Å²) in [6.45, 7) is 5.99. The first-order valence-electron chi connectivity index (χ1n) is 8.62. The van der Waals surface area contributed by atoms with E-state index in [4.69, 9.17) is 4.74 Å². The number of carbonyl (C=O) groups excluding carboxylic acids is 2. The molecule has 7 nitrogen and oxygen atoms in total. The Bertz CT molecular complexity index is 1010. The number of esters is 1. The number of anilines is 1. The Kier molecular flexibility index (Phi) is 6.25. The van der Waals surface area contributed by atoms with E-state index in [0.29, 0.717) is 23.0 Å². The van der Waals surface area contributed by atoms with Gasteiger partial charge in [-0.15, -0.1) is 11.3 Å². The Morgan fingerprint density at radius 3 is 2.57 bits per heavy atom. The first-order chi connectivity index (χ1) is 13.4. The number of ether oxygens (including phenoxy) is 1. The lowest BCUT2D eigenvalue weighted by Crippen LogP contribution is -2.12. The highest BCUT2D eigenvalue weighted by Crippen LogP contribution is 2.23. The van der Waals surface area contributed by atoms with Crippen LogP contribution in [0.2, 0.25) is 0 Å². The van der Waals surface area contributed by atoms with Gasteiger partial charge in [0.25, 0.3) is 5.91 Å². The average Bonchev–Trinajstić information content (AvgIpc) is 3.21. The maximum absolute atomic E-state index is 12.5. The molecular weight excluding hydrogens is 444 g/mol. The summed E-state index contributed by atoms with van der Waals surface area (Å²) in [5, 5.41) is 9.41. The molecule has 146 valence electrons. The summed E-state index contributed by atoms with van der Waals surface area (Å²) in [7, 11) is 0. The summed E-state index contributed by atoms with van der Waals surface area (Å²) in [6.07, 6.45) is 0.0904. The van der Waals surface area contributed by atoms with E-state index in [0.717, 1.165) is 21.5 Å². The zero-order chi connectivity index (χ0) is 20.3. The maximum Gasteiger partial charge on any atom is 0.311 e. The second-order valence-corrected chi connectivity index (χ2v) is 7.67. The lowest BCUT2D eigenvalue weighted by atomic mass is 10.2. The van der Waals surface area contributed by atoms with Crippen LogP contribution in [-0.4, -0.2) is 33.2 Å². The largest absolute Gasteiger partial charge is 0.466 e. The topological polar surface area (TPSA) is 86.1 Å². The average molecular weight is 463 g/mol. The molecule has 3 rings (SSSR count). The Balaban J connectivity index is 1.67. The summed E-state index contributed by atoms with van der Waals surface area (Å²) in [5.41, 5.74) is 3.85. The fourth-order valence-corrected chi connectivity index (χ4v) is 3.56. The fourth-order valence-electron chi connectivity index (χ4n) is 2.60. The monoisotopic (exact) mass is 462 g/mol. The van der Waals surface area contributed by atoms with Crippen LogP contribution in [0.25, 0.3) is 5.69 Å². The van der Waals surface area contributed by atoms with Gasteiger partial charge in [-0.05, 0) is 61.0 Å². The van der Waals surface area contributed by atoms with Crippen LogP contribution in [0.15, 0.2) is 34.1 Å². The summed E-state index contributed by atoms with van der Waals surface area (Å²) in [6, 6.07) is 7.16. The second kappa shape index (κ2) is 8.66. The number of amides is 1. The number of hydrogen-bond acceptors (Lipinski definition) is 6. The fraction of sp³-hybridized carbons (Fsp3) is 0.263. The van der Waals surface area contributed by atoms with E-state index in [9.17, 15) is 9.59 Å². The van der Waals surface area contributed by atoms with Crippen molar-refractivity contribution < 1.29 is 14.3 Å². The molecule has 0 bridgehead atoms. The van der Waals surface area contributed by atoms with E-state index in [2.05, 4.69) is 31.3 Å². The van der Waals surface area contributed by atoms with Gasteiger partial charge < -0.3 is 4.74 Å². The Labute approximate surface area is 174 Å². The van der Waals surface area contributed by atoms with Gasteiger partial charge in [-0.2, -0.15) is 5.10 Å². The highest BCUT2D eigenvalue weighted by molar-refractivity contribution is 9.10. The van der Waals surface area contributed by atoms with Crippen molar-refractivity contribution in [1.29, 1.82) is 0 Å². The van der Waals surface area contributed by atoms with Crippen LogP contribution in [0.1, 0.15) is 34.4 Å². The number of aromatic nitrogens is 3. The molecule has 1 aromatic carbocycles. The molecule has 0 aliphatic rings. The van der Waals surface area contributed by atoms with Crippen LogP contribution >= 0.6 is 27.3 Å². The minimum absolute atomic E-state index is 0.0904. The molecule has 0 atom stereocenters. The summed E-state index contributed by atoms with van der Waals surface area (Å²) >= 11 is 4.78. The molecule has 0 saturated carbocycles. The Morgan fingerprint density at radius 2 is 1.96 bits per heavy atom. The van der Waals surface area contributed by atoms with Crippen LogP contribution in [0.3, 0.4) is 0 Å². The number of thiazole rings is 1. The number of nitrogens with zero attached hydrogens (tertiary/aromatic N) is 3. The van der Waals surface area contributed by atoms with E-state index in [-0.39, 0.29) is 18.3 Å². The summed E-state index contributed by atoms with van der Waals surface area (Å²) in [4.78, 5) is 28.2. The number of nitrogens with one attached hydrogen (secondary N) is 1. The highest BCUT2D eigenvalue weighted by atomic mass is 79.9. The predicted octanol–water partition coefficient (Wildman–Crippen LogP) is 4.07. The molecule has 9 heteroatoms. The normalized spacial score (nSPS) is 10.7. The van der Waals surface area contributed by atoms with Crippen molar-refractivity contribution in [2.75, 3.05) is 11.9 Å². The van der Waals surface area contributed by atoms with Crippen molar-refractivity contribution in [2.45, 2.75) is 27.2 Å². The van der Waals surface area contributed by atoms with Gasteiger partial charge in [0, 0.05) is 10.9 Å². The summed E-state index contributed by atoms with van der Waals surface area (Å²) in [5.74, 6) is -0.602. The minimum atomic E-state index is -0.336. The van der Waals surface area contributed by atoms with Gasteiger partial charge in [-0.1, -0.05) is 0 Å². The van der Waals surface area contributed by atoms with Crippen LogP contribution in [0.4, 0.5) is 5.13 Å². The molecule has 2 aromatic heterocycles. The van der Waals surface area contributed by atoms with Crippen molar-refractivity contribution in [3.63, 3.8) is 0 Å².